The zero-order chi connectivity index (χ0) is 13.7. The van der Waals surface area contributed by atoms with Crippen molar-refractivity contribution in [2.45, 2.75) is 13.5 Å². The third-order valence-electron chi connectivity index (χ3n) is 2.48. The molecule has 0 unspecified atom stereocenters. The van der Waals surface area contributed by atoms with Crippen molar-refractivity contribution in [2.75, 3.05) is 20.3 Å². The summed E-state index contributed by atoms with van der Waals surface area (Å²) in [5, 5.41) is 5.33. The van der Waals surface area contributed by atoms with Crippen LogP contribution in [0.4, 0.5) is 0 Å². The van der Waals surface area contributed by atoms with Gasteiger partial charge in [-0.1, -0.05) is 0 Å². The highest BCUT2D eigenvalue weighted by molar-refractivity contribution is 9.10. The Hall–Kier alpha value is -0.820. The highest BCUT2D eigenvalue weighted by atomic mass is 79.9. The summed E-state index contributed by atoms with van der Waals surface area (Å²) >= 11 is 5.09. The second-order valence-electron chi connectivity index (χ2n) is 4.12. The largest absolute Gasteiger partial charge is 0.383 e. The van der Waals surface area contributed by atoms with E-state index in [0.717, 1.165) is 39.7 Å². The summed E-state index contributed by atoms with van der Waals surface area (Å²) in [6.07, 6.45) is 0. The maximum atomic E-state index is 5.00. The number of rotatable bonds is 6. The molecule has 0 aliphatic rings. The Morgan fingerprint density at radius 3 is 2.89 bits per heavy atom. The van der Waals surface area contributed by atoms with Crippen molar-refractivity contribution in [2.24, 2.45) is 0 Å². The number of nitrogens with one attached hydrogen (secondary N) is 1. The molecule has 0 spiro atoms. The van der Waals surface area contributed by atoms with Crippen LogP contribution >= 0.6 is 27.3 Å². The van der Waals surface area contributed by atoms with Gasteiger partial charge in [0.05, 0.1) is 17.2 Å². The van der Waals surface area contributed by atoms with Gasteiger partial charge >= 0.3 is 0 Å². The number of thiophene rings is 1. The molecule has 0 saturated heterocycles. The topological polar surface area (TPSA) is 47.0 Å². The molecule has 6 heteroatoms. The number of hydrogen-bond donors (Lipinski definition) is 1. The van der Waals surface area contributed by atoms with E-state index in [1.807, 2.05) is 24.4 Å². The molecule has 2 rings (SSSR count). The van der Waals surface area contributed by atoms with Crippen LogP contribution in [0.2, 0.25) is 0 Å². The van der Waals surface area contributed by atoms with Crippen molar-refractivity contribution in [1.29, 1.82) is 0 Å². The number of aryl methyl sites for hydroxylation is 1. The number of nitrogens with zero attached hydrogens (tertiary/aromatic N) is 2. The van der Waals surface area contributed by atoms with Crippen molar-refractivity contribution >= 4 is 27.3 Å². The minimum absolute atomic E-state index is 0.703. The Morgan fingerprint density at radius 1 is 1.37 bits per heavy atom. The molecule has 0 saturated carbocycles. The fraction of sp³-hybridized carbons (Fsp3) is 0.385. The van der Waals surface area contributed by atoms with Crippen molar-refractivity contribution in [1.82, 2.24) is 15.3 Å². The first-order chi connectivity index (χ1) is 9.19. The van der Waals surface area contributed by atoms with Crippen LogP contribution in [0.1, 0.15) is 11.4 Å². The molecule has 0 radical (unpaired) electrons. The fourth-order valence-electron chi connectivity index (χ4n) is 1.66. The van der Waals surface area contributed by atoms with Gasteiger partial charge in [0.2, 0.25) is 0 Å². The number of hydrogen-bond acceptors (Lipinski definition) is 5. The van der Waals surface area contributed by atoms with Gasteiger partial charge in [0.25, 0.3) is 0 Å². The summed E-state index contributed by atoms with van der Waals surface area (Å²) in [7, 11) is 1.70. The summed E-state index contributed by atoms with van der Waals surface area (Å²) in [6, 6.07) is 4.05. The summed E-state index contributed by atoms with van der Waals surface area (Å²) in [5.41, 5.74) is 1.99. The van der Waals surface area contributed by atoms with E-state index in [-0.39, 0.29) is 0 Å². The minimum Gasteiger partial charge on any atom is -0.383 e. The van der Waals surface area contributed by atoms with E-state index in [2.05, 4.69) is 31.2 Å². The molecular weight excluding hydrogens is 326 g/mol. The summed E-state index contributed by atoms with van der Waals surface area (Å²) < 4.78 is 6.07. The lowest BCUT2D eigenvalue weighted by atomic mass is 10.3. The van der Waals surface area contributed by atoms with E-state index in [4.69, 9.17) is 4.74 Å². The molecule has 102 valence electrons. The third kappa shape index (κ3) is 4.35. The summed E-state index contributed by atoms with van der Waals surface area (Å²) in [5.74, 6) is 0.791. The highest BCUT2D eigenvalue weighted by Gasteiger charge is 2.07. The van der Waals surface area contributed by atoms with Crippen LogP contribution in [0.25, 0.3) is 10.7 Å². The van der Waals surface area contributed by atoms with Gasteiger partial charge in [0.15, 0.2) is 5.82 Å². The molecule has 2 aromatic heterocycles. The van der Waals surface area contributed by atoms with Crippen LogP contribution in [0.15, 0.2) is 22.0 Å². The van der Waals surface area contributed by atoms with Gasteiger partial charge in [-0.3, -0.25) is 0 Å². The van der Waals surface area contributed by atoms with E-state index >= 15 is 0 Å². The first-order valence-electron chi connectivity index (χ1n) is 5.97. The quantitative estimate of drug-likeness (QED) is 0.820. The van der Waals surface area contributed by atoms with Crippen LogP contribution in [0.3, 0.4) is 0 Å². The summed E-state index contributed by atoms with van der Waals surface area (Å²) in [4.78, 5) is 10.2. The minimum atomic E-state index is 0.703. The third-order valence-corrected chi connectivity index (χ3v) is 4.17. The van der Waals surface area contributed by atoms with Gasteiger partial charge in [-0.2, -0.15) is 0 Å². The molecule has 0 fully saturated rings. The highest BCUT2D eigenvalue weighted by Crippen LogP contribution is 2.27. The molecule has 2 heterocycles. The molecule has 0 amide bonds. The molecule has 0 aliphatic carbocycles. The maximum Gasteiger partial charge on any atom is 0.169 e. The Labute approximate surface area is 125 Å². The molecule has 2 aromatic rings. The lowest BCUT2D eigenvalue weighted by Crippen LogP contribution is -2.19. The molecule has 0 aliphatic heterocycles. The number of methoxy groups -OCH3 is 1. The maximum absolute atomic E-state index is 5.00. The monoisotopic (exact) mass is 341 g/mol. The van der Waals surface area contributed by atoms with Gasteiger partial charge in [-0.15, -0.1) is 11.3 Å². The van der Waals surface area contributed by atoms with E-state index in [0.29, 0.717) is 6.61 Å². The average molecular weight is 342 g/mol. The van der Waals surface area contributed by atoms with E-state index in [9.17, 15) is 0 Å². The van der Waals surface area contributed by atoms with Crippen LogP contribution in [0.5, 0.6) is 0 Å². The molecule has 1 N–H and O–H groups in total. The van der Waals surface area contributed by atoms with Gasteiger partial charge in [0.1, 0.15) is 0 Å². The van der Waals surface area contributed by atoms with E-state index < -0.39 is 0 Å². The van der Waals surface area contributed by atoms with Crippen LogP contribution in [0, 0.1) is 6.92 Å². The van der Waals surface area contributed by atoms with Crippen LogP contribution in [-0.4, -0.2) is 30.2 Å². The van der Waals surface area contributed by atoms with E-state index in [1.54, 1.807) is 18.4 Å². The molecule has 19 heavy (non-hydrogen) atoms. The van der Waals surface area contributed by atoms with E-state index in [1.165, 1.54) is 0 Å². The number of halogens is 1. The second kappa shape index (κ2) is 7.09. The van der Waals surface area contributed by atoms with Crippen molar-refractivity contribution in [3.8, 4) is 10.7 Å². The predicted molar refractivity (Wildman–Crippen MR) is 81.4 cm³/mol. The zero-order valence-corrected chi connectivity index (χ0v) is 13.3. The smallest absolute Gasteiger partial charge is 0.169 e. The predicted octanol–water partition coefficient (Wildman–Crippen LogP) is 3.01. The van der Waals surface area contributed by atoms with Crippen molar-refractivity contribution < 1.29 is 4.74 Å². The van der Waals surface area contributed by atoms with Gasteiger partial charge in [-0.25, -0.2) is 9.97 Å². The molecule has 0 bridgehead atoms. The first kappa shape index (κ1) is 14.6. The van der Waals surface area contributed by atoms with Gasteiger partial charge < -0.3 is 10.1 Å². The zero-order valence-electron chi connectivity index (χ0n) is 10.9. The standard InChI is InChI=1S/C13H16BrN3OS/c1-9-5-11(7-15-3-4-18-2)17-13(16-9)12-6-10(14)8-19-12/h5-6,8,15H,3-4,7H2,1-2H3. The molecule has 4 nitrogen and oxygen atoms in total. The van der Waals surface area contributed by atoms with Crippen LogP contribution < -0.4 is 5.32 Å². The Kier molecular flexibility index (Phi) is 5.45. The molecular formula is C13H16BrN3OS. The number of aromatic nitrogens is 2. The fourth-order valence-corrected chi connectivity index (χ4v) is 3.02. The summed E-state index contributed by atoms with van der Waals surface area (Å²) in [6.45, 7) is 4.24. The van der Waals surface area contributed by atoms with Gasteiger partial charge in [0, 0.05) is 35.7 Å². The number of ether oxygens (including phenoxy) is 1. The Bertz CT molecular complexity index is 544. The van der Waals surface area contributed by atoms with Crippen molar-refractivity contribution in [3.05, 3.63) is 33.4 Å². The lowest BCUT2D eigenvalue weighted by molar-refractivity contribution is 0.199. The van der Waals surface area contributed by atoms with Crippen LogP contribution in [-0.2, 0) is 11.3 Å². The van der Waals surface area contributed by atoms with Gasteiger partial charge in [-0.05, 0) is 35.0 Å². The second-order valence-corrected chi connectivity index (χ2v) is 5.95. The SMILES string of the molecule is COCCNCc1cc(C)nc(-c2cc(Br)cs2)n1. The molecule has 0 aromatic carbocycles. The lowest BCUT2D eigenvalue weighted by Gasteiger charge is -2.06. The normalized spacial score (nSPS) is 10.9. The van der Waals surface area contributed by atoms with Crippen molar-refractivity contribution in [3.63, 3.8) is 0 Å². The average Bonchev–Trinajstić information content (AvgIpc) is 2.81. The Morgan fingerprint density at radius 2 is 2.21 bits per heavy atom. The first-order valence-corrected chi connectivity index (χ1v) is 7.65. The Balaban J connectivity index is 2.11. The molecule has 0 atom stereocenters.